The van der Waals surface area contributed by atoms with Gasteiger partial charge >= 0.3 is 0 Å². The molecule has 7 heteroatoms. The van der Waals surface area contributed by atoms with Crippen LogP contribution in [0, 0.1) is 5.92 Å². The molecule has 0 bridgehead atoms. The van der Waals surface area contributed by atoms with Gasteiger partial charge in [-0.05, 0) is 36.4 Å². The van der Waals surface area contributed by atoms with Gasteiger partial charge in [0.25, 0.3) is 11.8 Å². The molecule has 0 spiro atoms. The van der Waals surface area contributed by atoms with Crippen LogP contribution >= 0.6 is 11.3 Å². The predicted molar refractivity (Wildman–Crippen MR) is 87.0 cm³/mol. The van der Waals surface area contributed by atoms with Gasteiger partial charge in [-0.3, -0.25) is 25.2 Å². The Morgan fingerprint density at radius 3 is 2.43 bits per heavy atom. The van der Waals surface area contributed by atoms with Crippen molar-refractivity contribution in [3.8, 4) is 0 Å². The number of hydrazine groups is 1. The number of thiophene rings is 1. The van der Waals surface area contributed by atoms with Crippen molar-refractivity contribution in [1.29, 1.82) is 0 Å². The van der Waals surface area contributed by atoms with E-state index in [0.717, 1.165) is 12.8 Å². The zero-order valence-corrected chi connectivity index (χ0v) is 13.0. The molecule has 0 radical (unpaired) electrons. The number of carbonyl (C=O) groups is 3. The lowest BCUT2D eigenvalue weighted by Gasteiger charge is -2.11. The molecule has 3 N–H and O–H groups in total. The molecule has 1 heterocycles. The number of hydrogen-bond acceptors (Lipinski definition) is 4. The van der Waals surface area contributed by atoms with Crippen LogP contribution in [0.25, 0.3) is 0 Å². The highest BCUT2D eigenvalue weighted by Crippen LogP contribution is 2.28. The lowest BCUT2D eigenvalue weighted by Crippen LogP contribution is -2.42. The maximum absolute atomic E-state index is 12.2. The molecule has 3 amide bonds. The van der Waals surface area contributed by atoms with Gasteiger partial charge in [-0.2, -0.15) is 0 Å². The number of para-hydroxylation sites is 1. The minimum Gasteiger partial charge on any atom is -0.321 e. The second kappa shape index (κ2) is 6.62. The molecule has 1 aliphatic rings. The number of nitrogens with one attached hydrogen (secondary N) is 3. The van der Waals surface area contributed by atoms with E-state index < -0.39 is 5.91 Å². The number of hydrogen-bond donors (Lipinski definition) is 3. The van der Waals surface area contributed by atoms with E-state index in [1.165, 1.54) is 11.3 Å². The predicted octanol–water partition coefficient (Wildman–Crippen LogP) is 2.17. The van der Waals surface area contributed by atoms with Crippen molar-refractivity contribution in [2.24, 2.45) is 5.92 Å². The van der Waals surface area contributed by atoms with E-state index in [1.54, 1.807) is 41.8 Å². The summed E-state index contributed by atoms with van der Waals surface area (Å²) in [6.07, 6.45) is 1.71. The smallest absolute Gasteiger partial charge is 0.271 e. The molecule has 1 fully saturated rings. The minimum absolute atomic E-state index is 0.00377. The van der Waals surface area contributed by atoms with Crippen LogP contribution < -0.4 is 16.2 Å². The van der Waals surface area contributed by atoms with Crippen molar-refractivity contribution in [3.63, 3.8) is 0 Å². The Morgan fingerprint density at radius 1 is 0.957 bits per heavy atom. The first-order chi connectivity index (χ1) is 11.1. The summed E-state index contributed by atoms with van der Waals surface area (Å²) in [6, 6.07) is 10.1. The summed E-state index contributed by atoms with van der Waals surface area (Å²) in [5.74, 6) is -0.925. The van der Waals surface area contributed by atoms with Crippen LogP contribution in [-0.4, -0.2) is 17.7 Å². The third kappa shape index (κ3) is 3.75. The quantitative estimate of drug-likeness (QED) is 0.751. The van der Waals surface area contributed by atoms with Crippen LogP contribution in [0.3, 0.4) is 0 Å². The largest absolute Gasteiger partial charge is 0.321 e. The summed E-state index contributed by atoms with van der Waals surface area (Å²) in [5, 5.41) is 4.52. The Labute approximate surface area is 136 Å². The molecule has 1 aromatic heterocycles. The van der Waals surface area contributed by atoms with E-state index in [0.29, 0.717) is 10.6 Å². The summed E-state index contributed by atoms with van der Waals surface area (Å²) >= 11 is 1.32. The highest BCUT2D eigenvalue weighted by atomic mass is 32.1. The number of amides is 3. The van der Waals surface area contributed by atoms with Crippen molar-refractivity contribution >= 4 is 34.7 Å². The van der Waals surface area contributed by atoms with E-state index >= 15 is 0 Å². The maximum Gasteiger partial charge on any atom is 0.271 e. The molecule has 1 saturated carbocycles. The third-order valence-corrected chi connectivity index (χ3v) is 4.28. The average Bonchev–Trinajstić information content (AvgIpc) is 3.27. The lowest BCUT2D eigenvalue weighted by atomic mass is 10.1. The summed E-state index contributed by atoms with van der Waals surface area (Å²) in [5.41, 5.74) is 5.46. The molecular weight excluding hydrogens is 314 g/mol. The van der Waals surface area contributed by atoms with Crippen molar-refractivity contribution in [2.45, 2.75) is 12.8 Å². The molecule has 0 saturated heterocycles. The van der Waals surface area contributed by atoms with E-state index in [2.05, 4.69) is 16.2 Å². The Morgan fingerprint density at radius 2 is 1.74 bits per heavy atom. The molecule has 0 aliphatic heterocycles. The molecular formula is C16H15N3O3S. The van der Waals surface area contributed by atoms with E-state index in [9.17, 15) is 14.4 Å². The average molecular weight is 329 g/mol. The van der Waals surface area contributed by atoms with E-state index in [4.69, 9.17) is 0 Å². The number of benzene rings is 1. The highest BCUT2D eigenvalue weighted by molar-refractivity contribution is 7.12. The SMILES string of the molecule is O=C(Nc1ccccc1C(=O)NNC(=O)C1CC1)c1cccs1. The normalized spacial score (nSPS) is 13.2. The molecule has 1 aliphatic carbocycles. The van der Waals surface area contributed by atoms with Crippen LogP contribution in [0.4, 0.5) is 5.69 Å². The molecule has 118 valence electrons. The third-order valence-electron chi connectivity index (χ3n) is 3.41. The Balaban J connectivity index is 1.68. The van der Waals surface area contributed by atoms with E-state index in [-0.39, 0.29) is 23.3 Å². The summed E-state index contributed by atoms with van der Waals surface area (Å²) < 4.78 is 0. The molecule has 23 heavy (non-hydrogen) atoms. The van der Waals surface area contributed by atoms with Crippen molar-refractivity contribution in [3.05, 3.63) is 52.2 Å². The molecule has 2 aromatic rings. The fourth-order valence-electron chi connectivity index (χ4n) is 2.02. The first kappa shape index (κ1) is 15.2. The molecule has 0 unspecified atom stereocenters. The van der Waals surface area contributed by atoms with Gasteiger partial charge in [-0.15, -0.1) is 11.3 Å². The van der Waals surface area contributed by atoms with E-state index in [1.807, 2.05) is 0 Å². The van der Waals surface area contributed by atoms with Crippen molar-refractivity contribution in [2.75, 3.05) is 5.32 Å². The van der Waals surface area contributed by atoms with Gasteiger partial charge in [0.15, 0.2) is 0 Å². The van der Waals surface area contributed by atoms with Gasteiger partial charge in [-0.1, -0.05) is 18.2 Å². The van der Waals surface area contributed by atoms with Crippen LogP contribution in [0.15, 0.2) is 41.8 Å². The monoisotopic (exact) mass is 329 g/mol. The Bertz CT molecular complexity index is 739. The number of anilines is 1. The van der Waals surface area contributed by atoms with Crippen molar-refractivity contribution in [1.82, 2.24) is 10.9 Å². The zero-order chi connectivity index (χ0) is 16.2. The highest BCUT2D eigenvalue weighted by Gasteiger charge is 2.29. The summed E-state index contributed by atoms with van der Waals surface area (Å²) in [6.45, 7) is 0. The minimum atomic E-state index is -0.471. The van der Waals surface area contributed by atoms with Crippen LogP contribution in [0.1, 0.15) is 32.9 Å². The first-order valence-corrected chi connectivity index (χ1v) is 8.07. The standard InChI is InChI=1S/C16H15N3O3S/c20-14(10-7-8-10)18-19-15(21)11-4-1-2-5-12(11)17-16(22)13-6-3-9-23-13/h1-6,9-10H,7-8H2,(H,17,22)(H,18,20)(H,19,21). The maximum atomic E-state index is 12.2. The topological polar surface area (TPSA) is 87.3 Å². The Hall–Kier alpha value is -2.67. The van der Waals surface area contributed by atoms with Crippen LogP contribution in [-0.2, 0) is 4.79 Å². The van der Waals surface area contributed by atoms with Gasteiger partial charge in [-0.25, -0.2) is 0 Å². The van der Waals surface area contributed by atoms with Crippen molar-refractivity contribution < 1.29 is 14.4 Å². The second-order valence-electron chi connectivity index (χ2n) is 5.19. The molecule has 3 rings (SSSR count). The number of carbonyl (C=O) groups excluding carboxylic acids is 3. The first-order valence-electron chi connectivity index (χ1n) is 7.19. The Kier molecular flexibility index (Phi) is 4.38. The van der Waals surface area contributed by atoms with Gasteiger partial charge in [0.05, 0.1) is 16.1 Å². The van der Waals surface area contributed by atoms with Gasteiger partial charge in [0.2, 0.25) is 5.91 Å². The van der Waals surface area contributed by atoms with Gasteiger partial charge < -0.3 is 5.32 Å². The van der Waals surface area contributed by atoms with Gasteiger partial charge in [0, 0.05) is 5.92 Å². The van der Waals surface area contributed by atoms with Gasteiger partial charge in [0.1, 0.15) is 0 Å². The van der Waals surface area contributed by atoms with Crippen LogP contribution in [0.5, 0.6) is 0 Å². The fourth-order valence-corrected chi connectivity index (χ4v) is 2.63. The van der Waals surface area contributed by atoms with Crippen LogP contribution in [0.2, 0.25) is 0 Å². The fraction of sp³-hybridized carbons (Fsp3) is 0.188. The number of rotatable bonds is 4. The summed E-state index contributed by atoms with van der Waals surface area (Å²) in [7, 11) is 0. The lowest BCUT2D eigenvalue weighted by molar-refractivity contribution is -0.123. The summed E-state index contributed by atoms with van der Waals surface area (Å²) in [4.78, 5) is 36.4. The molecule has 0 atom stereocenters. The zero-order valence-electron chi connectivity index (χ0n) is 12.2. The molecule has 6 nitrogen and oxygen atoms in total. The second-order valence-corrected chi connectivity index (χ2v) is 6.14. The molecule has 1 aromatic carbocycles.